The molecule has 1 aliphatic heterocycles. The molecule has 0 bridgehead atoms. The second-order valence-electron chi connectivity index (χ2n) is 6.07. The van der Waals surface area contributed by atoms with Crippen LogP contribution in [0.1, 0.15) is 24.1 Å². The minimum atomic E-state index is 0.105. The van der Waals surface area contributed by atoms with E-state index in [0.717, 1.165) is 36.2 Å². The number of fused-ring (bicyclic) bond motifs is 1. The first-order chi connectivity index (χ1) is 11.2. The van der Waals surface area contributed by atoms with Gasteiger partial charge in [0.1, 0.15) is 5.75 Å². The summed E-state index contributed by atoms with van der Waals surface area (Å²) in [5.74, 6) is 1.11. The van der Waals surface area contributed by atoms with Gasteiger partial charge in [-0.1, -0.05) is 0 Å². The van der Waals surface area contributed by atoms with Gasteiger partial charge in [-0.2, -0.15) is 0 Å². The van der Waals surface area contributed by atoms with Crippen LogP contribution in [-0.4, -0.2) is 37.8 Å². The Morgan fingerprint density at radius 3 is 2.91 bits per heavy atom. The van der Waals surface area contributed by atoms with Crippen molar-refractivity contribution in [3.05, 3.63) is 29.5 Å². The van der Waals surface area contributed by atoms with Crippen molar-refractivity contribution in [2.75, 3.05) is 26.9 Å². The molecule has 124 valence electrons. The van der Waals surface area contributed by atoms with Crippen LogP contribution in [0, 0.1) is 12.8 Å². The van der Waals surface area contributed by atoms with Crippen LogP contribution in [0.3, 0.4) is 0 Å². The van der Waals surface area contributed by atoms with Gasteiger partial charge in [0.15, 0.2) is 0 Å². The van der Waals surface area contributed by atoms with Crippen molar-refractivity contribution in [1.82, 2.24) is 10.3 Å². The summed E-state index contributed by atoms with van der Waals surface area (Å²) in [4.78, 5) is 15.6. The number of ether oxygens (including phenoxy) is 2. The Hall–Kier alpha value is -2.01. The highest BCUT2D eigenvalue weighted by atomic mass is 16.5. The van der Waals surface area contributed by atoms with Crippen molar-refractivity contribution < 1.29 is 14.3 Å². The van der Waals surface area contributed by atoms with E-state index in [4.69, 9.17) is 9.47 Å². The first kappa shape index (κ1) is 15.9. The molecule has 1 saturated heterocycles. The van der Waals surface area contributed by atoms with Crippen LogP contribution in [0.25, 0.3) is 10.9 Å². The molecule has 0 atom stereocenters. The van der Waals surface area contributed by atoms with Crippen molar-refractivity contribution in [3.8, 4) is 5.75 Å². The summed E-state index contributed by atoms with van der Waals surface area (Å²) >= 11 is 0. The minimum absolute atomic E-state index is 0.105. The molecule has 2 N–H and O–H groups in total. The van der Waals surface area contributed by atoms with Crippen molar-refractivity contribution in [2.45, 2.75) is 26.2 Å². The molecule has 0 saturated carbocycles. The standard InChI is InChI=1S/C18H24N2O3/c1-12-15(16-11-14(22-2)3-4-17(16)20-12)5-8-19-18(21)13-6-9-23-10-7-13/h3-4,11,13,20H,5-10H2,1-2H3,(H,19,21). The zero-order valence-electron chi connectivity index (χ0n) is 13.8. The third-order valence-electron chi connectivity index (χ3n) is 4.59. The van der Waals surface area contributed by atoms with E-state index < -0.39 is 0 Å². The molecule has 23 heavy (non-hydrogen) atoms. The fourth-order valence-electron chi connectivity index (χ4n) is 3.23. The lowest BCUT2D eigenvalue weighted by atomic mass is 9.99. The number of H-pyrrole nitrogens is 1. The second-order valence-corrected chi connectivity index (χ2v) is 6.07. The highest BCUT2D eigenvalue weighted by Gasteiger charge is 2.21. The zero-order valence-corrected chi connectivity index (χ0v) is 13.8. The molecule has 1 aromatic carbocycles. The van der Waals surface area contributed by atoms with Crippen LogP contribution >= 0.6 is 0 Å². The maximum atomic E-state index is 12.2. The van der Waals surface area contributed by atoms with Crippen molar-refractivity contribution in [2.24, 2.45) is 5.92 Å². The summed E-state index contributed by atoms with van der Waals surface area (Å²) in [7, 11) is 1.68. The van der Waals surface area contributed by atoms with Crippen LogP contribution in [0.15, 0.2) is 18.2 Å². The topological polar surface area (TPSA) is 63.3 Å². The maximum absolute atomic E-state index is 12.2. The number of rotatable bonds is 5. The van der Waals surface area contributed by atoms with Gasteiger partial charge in [-0.15, -0.1) is 0 Å². The number of aromatic amines is 1. The van der Waals surface area contributed by atoms with Gasteiger partial charge in [-0.3, -0.25) is 4.79 Å². The van der Waals surface area contributed by atoms with Gasteiger partial charge in [0.05, 0.1) is 7.11 Å². The van der Waals surface area contributed by atoms with E-state index in [2.05, 4.69) is 23.3 Å². The third-order valence-corrected chi connectivity index (χ3v) is 4.59. The average Bonchev–Trinajstić information content (AvgIpc) is 2.90. The van der Waals surface area contributed by atoms with E-state index in [0.29, 0.717) is 19.8 Å². The highest BCUT2D eigenvalue weighted by Crippen LogP contribution is 2.26. The monoisotopic (exact) mass is 316 g/mol. The first-order valence-corrected chi connectivity index (χ1v) is 8.19. The Labute approximate surface area is 136 Å². The Kier molecular flexibility index (Phi) is 4.86. The molecule has 1 aromatic heterocycles. The summed E-state index contributed by atoms with van der Waals surface area (Å²) in [6.45, 7) is 4.11. The molecule has 1 fully saturated rings. The van der Waals surface area contributed by atoms with Crippen molar-refractivity contribution in [3.63, 3.8) is 0 Å². The fraction of sp³-hybridized carbons (Fsp3) is 0.500. The normalized spacial score (nSPS) is 15.7. The molecule has 0 radical (unpaired) electrons. The zero-order chi connectivity index (χ0) is 16.2. The molecule has 0 unspecified atom stereocenters. The third kappa shape index (κ3) is 3.50. The number of nitrogens with one attached hydrogen (secondary N) is 2. The van der Waals surface area contributed by atoms with Crippen molar-refractivity contribution >= 4 is 16.8 Å². The average molecular weight is 316 g/mol. The second kappa shape index (κ2) is 7.04. The van der Waals surface area contributed by atoms with Gasteiger partial charge in [0.2, 0.25) is 5.91 Å². The number of amides is 1. The smallest absolute Gasteiger partial charge is 0.223 e. The fourth-order valence-corrected chi connectivity index (χ4v) is 3.23. The number of carbonyl (C=O) groups is 1. The quantitative estimate of drug-likeness (QED) is 0.891. The largest absolute Gasteiger partial charge is 0.497 e. The van der Waals surface area contributed by atoms with E-state index in [9.17, 15) is 4.79 Å². The maximum Gasteiger partial charge on any atom is 0.223 e. The molecule has 5 heteroatoms. The lowest BCUT2D eigenvalue weighted by molar-refractivity contribution is -0.127. The van der Waals surface area contributed by atoms with Gasteiger partial charge in [-0.25, -0.2) is 0 Å². The Morgan fingerprint density at radius 1 is 1.39 bits per heavy atom. The predicted octanol–water partition coefficient (Wildman–Crippen LogP) is 2.57. The molecular formula is C18H24N2O3. The lowest BCUT2D eigenvalue weighted by Gasteiger charge is -2.21. The predicted molar refractivity (Wildman–Crippen MR) is 89.8 cm³/mol. The minimum Gasteiger partial charge on any atom is -0.497 e. The summed E-state index contributed by atoms with van der Waals surface area (Å²) in [5, 5.41) is 4.24. The number of hydrogen-bond donors (Lipinski definition) is 2. The van der Waals surface area contributed by atoms with Gasteiger partial charge in [-0.05, 0) is 49.9 Å². The summed E-state index contributed by atoms with van der Waals surface area (Å²) in [6.07, 6.45) is 2.47. The summed E-state index contributed by atoms with van der Waals surface area (Å²) in [5.41, 5.74) is 3.49. The van der Waals surface area contributed by atoms with E-state index in [1.54, 1.807) is 7.11 Å². The number of methoxy groups -OCH3 is 1. The number of aryl methyl sites for hydroxylation is 1. The molecule has 2 aromatic rings. The highest BCUT2D eigenvalue weighted by molar-refractivity contribution is 5.86. The van der Waals surface area contributed by atoms with Crippen LogP contribution < -0.4 is 10.1 Å². The molecule has 1 aliphatic rings. The van der Waals surface area contributed by atoms with Gasteiger partial charge < -0.3 is 19.8 Å². The number of aromatic nitrogens is 1. The number of carbonyl (C=O) groups excluding carboxylic acids is 1. The van der Waals surface area contributed by atoms with Gasteiger partial charge >= 0.3 is 0 Å². The molecule has 2 heterocycles. The van der Waals surface area contributed by atoms with E-state index in [-0.39, 0.29) is 11.8 Å². The SMILES string of the molecule is COc1ccc2[nH]c(C)c(CCNC(=O)C3CCOCC3)c2c1. The molecule has 0 spiro atoms. The van der Waals surface area contributed by atoms with Crippen LogP contribution in [0.2, 0.25) is 0 Å². The number of hydrogen-bond acceptors (Lipinski definition) is 3. The van der Waals surface area contributed by atoms with Crippen LogP contribution in [0.5, 0.6) is 5.75 Å². The van der Waals surface area contributed by atoms with E-state index >= 15 is 0 Å². The van der Waals surface area contributed by atoms with Gasteiger partial charge in [0, 0.05) is 42.3 Å². The lowest BCUT2D eigenvalue weighted by Crippen LogP contribution is -2.35. The number of benzene rings is 1. The van der Waals surface area contributed by atoms with Crippen LogP contribution in [0.4, 0.5) is 0 Å². The Bertz CT molecular complexity index is 687. The molecule has 3 rings (SSSR count). The molecule has 1 amide bonds. The summed E-state index contributed by atoms with van der Waals surface area (Å²) < 4.78 is 10.6. The van der Waals surface area contributed by atoms with Crippen LogP contribution in [-0.2, 0) is 16.0 Å². The molecule has 5 nitrogen and oxygen atoms in total. The van der Waals surface area contributed by atoms with E-state index in [1.807, 2.05) is 12.1 Å². The Balaban J connectivity index is 1.64. The molecular weight excluding hydrogens is 292 g/mol. The molecule has 0 aliphatic carbocycles. The van der Waals surface area contributed by atoms with Crippen molar-refractivity contribution in [1.29, 1.82) is 0 Å². The first-order valence-electron chi connectivity index (χ1n) is 8.19. The van der Waals surface area contributed by atoms with Gasteiger partial charge in [0.25, 0.3) is 0 Å². The van der Waals surface area contributed by atoms with E-state index in [1.165, 1.54) is 10.9 Å². The Morgan fingerprint density at radius 2 is 2.17 bits per heavy atom. The summed E-state index contributed by atoms with van der Waals surface area (Å²) in [6, 6.07) is 6.04.